The number of benzene rings is 1. The minimum absolute atomic E-state index is 0.0480. The van der Waals surface area contributed by atoms with Crippen LogP contribution in [0.3, 0.4) is 0 Å². The highest BCUT2D eigenvalue weighted by Gasteiger charge is 2.34. The minimum atomic E-state index is -0.300. The van der Waals surface area contributed by atoms with Crippen LogP contribution >= 0.6 is 0 Å². The number of methoxy groups -OCH3 is 1. The number of piperazine rings is 2. The van der Waals surface area contributed by atoms with Gasteiger partial charge in [-0.05, 0) is 38.8 Å². The quantitative estimate of drug-likeness (QED) is 0.541. The fraction of sp³-hybridized carbons (Fsp3) is 0.571. The molecule has 1 amide bonds. The molecule has 0 radical (unpaired) electrons. The van der Waals surface area contributed by atoms with Crippen LogP contribution in [0.2, 0.25) is 0 Å². The van der Waals surface area contributed by atoms with Gasteiger partial charge in [-0.25, -0.2) is 14.8 Å². The summed E-state index contributed by atoms with van der Waals surface area (Å²) in [7, 11) is 1.42. The van der Waals surface area contributed by atoms with Crippen LogP contribution in [0.15, 0.2) is 30.5 Å². The zero-order valence-electron chi connectivity index (χ0n) is 23.0. The highest BCUT2D eigenvalue weighted by molar-refractivity contribution is 5.90. The Morgan fingerprint density at radius 3 is 2.38 bits per heavy atom. The van der Waals surface area contributed by atoms with Gasteiger partial charge in [-0.3, -0.25) is 10.00 Å². The first-order valence-corrected chi connectivity index (χ1v) is 14.0. The molecule has 2 atom stereocenters. The maximum Gasteiger partial charge on any atom is 0.409 e. The van der Waals surface area contributed by atoms with E-state index in [2.05, 4.69) is 68.0 Å². The summed E-state index contributed by atoms with van der Waals surface area (Å²) in [5, 5.41) is 7.69. The molecule has 0 spiro atoms. The molecular weight excluding hydrogens is 496 g/mol. The molecule has 11 nitrogen and oxygen atoms in total. The zero-order chi connectivity index (χ0) is 26.9. The van der Waals surface area contributed by atoms with E-state index in [4.69, 9.17) is 14.5 Å². The molecule has 3 aliphatic heterocycles. The molecule has 1 aromatic carbocycles. The largest absolute Gasteiger partial charge is 0.453 e. The Hall–Kier alpha value is -3.44. The number of aromatic nitrogens is 4. The van der Waals surface area contributed by atoms with Crippen molar-refractivity contribution in [3.63, 3.8) is 0 Å². The van der Waals surface area contributed by atoms with Crippen molar-refractivity contribution in [2.24, 2.45) is 0 Å². The van der Waals surface area contributed by atoms with E-state index in [1.54, 1.807) is 11.1 Å². The Morgan fingerprint density at radius 2 is 1.72 bits per heavy atom. The number of carbonyl (C=O) groups excluding carboxylic acids is 1. The van der Waals surface area contributed by atoms with E-state index in [0.717, 1.165) is 74.5 Å². The number of nitrogens with zero attached hydrogens (tertiary/aromatic N) is 7. The summed E-state index contributed by atoms with van der Waals surface area (Å²) in [6.07, 6.45) is 3.80. The number of amides is 1. The number of aromatic amines is 1. The number of ether oxygens (including phenoxy) is 2. The van der Waals surface area contributed by atoms with Crippen molar-refractivity contribution in [2.45, 2.75) is 44.8 Å². The zero-order valence-corrected chi connectivity index (χ0v) is 23.0. The molecule has 1 N–H and O–H groups in total. The summed E-state index contributed by atoms with van der Waals surface area (Å²) in [4.78, 5) is 30.7. The number of nitrogens with one attached hydrogen (secondary N) is 1. The van der Waals surface area contributed by atoms with E-state index >= 15 is 0 Å². The van der Waals surface area contributed by atoms with Crippen LogP contribution in [0.4, 0.5) is 16.4 Å². The van der Waals surface area contributed by atoms with Gasteiger partial charge in [0.15, 0.2) is 0 Å². The smallest absolute Gasteiger partial charge is 0.409 e. The van der Waals surface area contributed by atoms with Gasteiger partial charge in [0.2, 0.25) is 5.95 Å². The molecule has 3 aliphatic rings. The normalized spacial score (nSPS) is 23.4. The average Bonchev–Trinajstić information content (AvgIpc) is 3.40. The number of rotatable bonds is 4. The average molecular weight is 535 g/mol. The van der Waals surface area contributed by atoms with Crippen LogP contribution in [-0.4, -0.2) is 114 Å². The van der Waals surface area contributed by atoms with Gasteiger partial charge in [0.05, 0.1) is 13.3 Å². The third-order valence-corrected chi connectivity index (χ3v) is 8.40. The van der Waals surface area contributed by atoms with Gasteiger partial charge in [-0.1, -0.05) is 12.1 Å². The summed E-state index contributed by atoms with van der Waals surface area (Å²) < 4.78 is 10.5. The van der Waals surface area contributed by atoms with Gasteiger partial charge in [-0.15, -0.1) is 0 Å². The lowest BCUT2D eigenvalue weighted by atomic mass is 10.1. The Kier molecular flexibility index (Phi) is 7.26. The van der Waals surface area contributed by atoms with Crippen LogP contribution in [0, 0.1) is 0 Å². The minimum Gasteiger partial charge on any atom is -0.453 e. The number of carbonyl (C=O) groups is 1. The maximum absolute atomic E-state index is 12.1. The fourth-order valence-electron chi connectivity index (χ4n) is 6.35. The number of anilines is 2. The maximum atomic E-state index is 12.1. The fourth-order valence-corrected chi connectivity index (χ4v) is 6.35. The van der Waals surface area contributed by atoms with Crippen LogP contribution in [-0.2, 0) is 9.47 Å². The first-order chi connectivity index (χ1) is 19.0. The number of hydrogen-bond donors (Lipinski definition) is 1. The van der Waals surface area contributed by atoms with Gasteiger partial charge < -0.3 is 24.2 Å². The van der Waals surface area contributed by atoms with Crippen LogP contribution in [0.1, 0.15) is 26.7 Å². The van der Waals surface area contributed by atoms with E-state index in [-0.39, 0.29) is 18.2 Å². The van der Waals surface area contributed by atoms with Crippen LogP contribution in [0.5, 0.6) is 0 Å². The molecule has 6 rings (SSSR count). The molecule has 39 heavy (non-hydrogen) atoms. The van der Waals surface area contributed by atoms with Crippen LogP contribution in [0.25, 0.3) is 22.3 Å². The summed E-state index contributed by atoms with van der Waals surface area (Å²) in [6, 6.07) is 9.43. The molecule has 0 unspecified atom stereocenters. The molecule has 3 saturated heterocycles. The Balaban J connectivity index is 1.17. The first-order valence-electron chi connectivity index (χ1n) is 14.0. The molecule has 11 heteroatoms. The lowest BCUT2D eigenvalue weighted by molar-refractivity contribution is 0.0321. The molecule has 5 heterocycles. The molecule has 0 saturated carbocycles. The molecule has 0 bridgehead atoms. The lowest BCUT2D eigenvalue weighted by Gasteiger charge is -2.43. The number of fused-ring (bicyclic) bond motifs is 1. The Bertz CT molecular complexity index is 1270. The highest BCUT2D eigenvalue weighted by atomic mass is 16.5. The van der Waals surface area contributed by atoms with Crippen molar-refractivity contribution in [3.8, 4) is 11.3 Å². The summed E-state index contributed by atoms with van der Waals surface area (Å²) >= 11 is 0. The Morgan fingerprint density at radius 1 is 1.03 bits per heavy atom. The SMILES string of the molecule is COC(=O)N1C[C@@H](C)N(c2ncc3[nH]nc(-c4ccc(N5CCN(C6CCOCC6)CC5)cc4)c3n2)[C@@H](C)C1. The van der Waals surface area contributed by atoms with Crippen molar-refractivity contribution in [1.82, 2.24) is 30.0 Å². The van der Waals surface area contributed by atoms with E-state index in [9.17, 15) is 4.79 Å². The van der Waals surface area contributed by atoms with Crippen molar-refractivity contribution in [3.05, 3.63) is 30.5 Å². The number of H-pyrrole nitrogens is 1. The monoisotopic (exact) mass is 534 g/mol. The van der Waals surface area contributed by atoms with Gasteiger partial charge in [0.1, 0.15) is 16.7 Å². The molecule has 3 aromatic rings. The van der Waals surface area contributed by atoms with Gasteiger partial charge in [0, 0.05) is 81.9 Å². The van der Waals surface area contributed by atoms with E-state index in [1.165, 1.54) is 12.8 Å². The molecule has 3 fully saturated rings. The summed E-state index contributed by atoms with van der Waals surface area (Å²) in [5.74, 6) is 0.647. The molecule has 208 valence electrons. The van der Waals surface area contributed by atoms with E-state index < -0.39 is 0 Å². The second-order valence-corrected chi connectivity index (χ2v) is 10.9. The van der Waals surface area contributed by atoms with Crippen LogP contribution < -0.4 is 9.80 Å². The second kappa shape index (κ2) is 11.0. The third-order valence-electron chi connectivity index (χ3n) is 8.40. The van der Waals surface area contributed by atoms with Gasteiger partial charge >= 0.3 is 6.09 Å². The predicted octanol–water partition coefficient (Wildman–Crippen LogP) is 2.99. The van der Waals surface area contributed by atoms with E-state index in [0.29, 0.717) is 25.1 Å². The summed E-state index contributed by atoms with van der Waals surface area (Å²) in [5.41, 5.74) is 4.68. The van der Waals surface area contributed by atoms with Crippen molar-refractivity contribution >= 4 is 28.8 Å². The second-order valence-electron chi connectivity index (χ2n) is 10.9. The number of hydrogen-bond acceptors (Lipinski definition) is 9. The first kappa shape index (κ1) is 25.8. The van der Waals surface area contributed by atoms with Gasteiger partial charge in [0.25, 0.3) is 0 Å². The molecule has 2 aromatic heterocycles. The van der Waals surface area contributed by atoms with E-state index in [1.807, 2.05) is 0 Å². The summed E-state index contributed by atoms with van der Waals surface area (Å²) in [6.45, 7) is 11.3. The van der Waals surface area contributed by atoms with Crippen molar-refractivity contribution in [2.75, 3.05) is 69.4 Å². The Labute approximate surface area is 229 Å². The third kappa shape index (κ3) is 5.12. The predicted molar refractivity (Wildman–Crippen MR) is 150 cm³/mol. The standard InChI is InChI=1S/C28H38N8O3/c1-19-17-35(28(37)38-3)18-20(2)36(19)27-29-16-24-26(30-27)25(32-31-24)21-4-6-22(7-5-21)33-10-12-34(13-11-33)23-8-14-39-15-9-23/h4-7,16,19-20,23H,8-15,17-18H2,1-3H3,(H,31,32)/t19-,20+. The van der Waals surface area contributed by atoms with Crippen molar-refractivity contribution < 1.29 is 14.3 Å². The topological polar surface area (TPSA) is 103 Å². The van der Waals surface area contributed by atoms with Gasteiger partial charge in [-0.2, -0.15) is 5.10 Å². The highest BCUT2D eigenvalue weighted by Crippen LogP contribution is 2.30. The molecular formula is C28H38N8O3. The lowest BCUT2D eigenvalue weighted by Crippen LogP contribution is -2.58. The molecule has 0 aliphatic carbocycles. The van der Waals surface area contributed by atoms with Crippen molar-refractivity contribution in [1.29, 1.82) is 0 Å².